The molecule has 0 aromatic heterocycles. The molecule has 0 spiro atoms. The van der Waals surface area contributed by atoms with Gasteiger partial charge in [0.05, 0.1) is 25.9 Å². The predicted octanol–water partition coefficient (Wildman–Crippen LogP) is 3.59. The van der Waals surface area contributed by atoms with E-state index in [-0.39, 0.29) is 5.41 Å². The van der Waals surface area contributed by atoms with Gasteiger partial charge in [0.15, 0.2) is 0 Å². The molecule has 0 bridgehead atoms. The molecule has 0 aliphatic carbocycles. The summed E-state index contributed by atoms with van der Waals surface area (Å²) < 4.78 is 10.5. The lowest BCUT2D eigenvalue weighted by Gasteiger charge is -2.24. The van der Waals surface area contributed by atoms with Crippen LogP contribution in [0.15, 0.2) is 24.3 Å². The van der Waals surface area contributed by atoms with Crippen molar-refractivity contribution in [1.82, 2.24) is 0 Å². The first kappa shape index (κ1) is 17.5. The second kappa shape index (κ2) is 9.38. The molecule has 4 nitrogen and oxygen atoms in total. The molecular weight excluding hydrogens is 264 g/mol. The summed E-state index contributed by atoms with van der Waals surface area (Å²) in [4.78, 5) is 0. The molecule has 1 aromatic carbocycles. The predicted molar refractivity (Wildman–Crippen MR) is 85.1 cm³/mol. The molecule has 4 heteroatoms. The Morgan fingerprint density at radius 2 is 2.10 bits per heavy atom. The zero-order chi connectivity index (χ0) is 15.6. The van der Waals surface area contributed by atoms with Gasteiger partial charge in [-0.3, -0.25) is 0 Å². The Morgan fingerprint density at radius 1 is 1.29 bits per heavy atom. The summed E-state index contributed by atoms with van der Waals surface area (Å²) in [5.41, 5.74) is 2.35. The van der Waals surface area contributed by atoms with E-state index in [9.17, 15) is 0 Å². The lowest BCUT2D eigenvalue weighted by molar-refractivity contribution is 0.0617. The van der Waals surface area contributed by atoms with Crippen molar-refractivity contribution in [2.45, 2.75) is 33.3 Å². The lowest BCUT2D eigenvalue weighted by atomic mass is 9.88. The summed E-state index contributed by atoms with van der Waals surface area (Å²) in [6.45, 7) is 7.02. The topological polar surface area (TPSA) is 54.3 Å². The van der Waals surface area contributed by atoms with Gasteiger partial charge in [0.1, 0.15) is 0 Å². The molecule has 1 aromatic rings. The van der Waals surface area contributed by atoms with Crippen LogP contribution in [0.5, 0.6) is 0 Å². The molecule has 21 heavy (non-hydrogen) atoms. The Kier molecular flexibility index (Phi) is 7.81. The summed E-state index contributed by atoms with van der Waals surface area (Å²) in [5, 5.41) is 12.1. The van der Waals surface area contributed by atoms with Gasteiger partial charge in [-0.05, 0) is 29.5 Å². The third-order valence-electron chi connectivity index (χ3n) is 3.31. The molecule has 1 rings (SSSR count). The average Bonchev–Trinajstić information content (AvgIpc) is 2.48. The summed E-state index contributed by atoms with van der Waals surface area (Å²) >= 11 is 0. The number of hydrogen-bond donors (Lipinski definition) is 1. The smallest absolute Gasteiger partial charge is 0.0718 e. The van der Waals surface area contributed by atoms with E-state index in [1.165, 1.54) is 0 Å². The highest BCUT2D eigenvalue weighted by molar-refractivity contribution is 5.45. The monoisotopic (exact) mass is 290 g/mol. The highest BCUT2D eigenvalue weighted by Crippen LogP contribution is 2.23. The maximum absolute atomic E-state index is 8.68. The van der Waals surface area contributed by atoms with Gasteiger partial charge in [-0.1, -0.05) is 26.0 Å². The molecule has 0 unspecified atom stereocenters. The van der Waals surface area contributed by atoms with Gasteiger partial charge in [0.2, 0.25) is 0 Å². The number of nitrogens with zero attached hydrogens (tertiary/aromatic N) is 1. The molecule has 0 saturated heterocycles. The zero-order valence-corrected chi connectivity index (χ0v) is 13.3. The molecule has 0 radical (unpaired) electrons. The van der Waals surface area contributed by atoms with Crippen LogP contribution in [0.25, 0.3) is 0 Å². The summed E-state index contributed by atoms with van der Waals surface area (Å²) in [6.07, 6.45) is 1.50. The Balaban J connectivity index is 2.43. The summed E-state index contributed by atoms with van der Waals surface area (Å²) in [7, 11) is 1.67. The van der Waals surface area contributed by atoms with Gasteiger partial charge in [0, 0.05) is 25.8 Å². The average molecular weight is 290 g/mol. The minimum atomic E-state index is 0.112. The van der Waals surface area contributed by atoms with Crippen molar-refractivity contribution >= 4 is 5.69 Å². The zero-order valence-electron chi connectivity index (χ0n) is 13.3. The van der Waals surface area contributed by atoms with Crippen LogP contribution >= 0.6 is 0 Å². The Hall–Kier alpha value is -1.57. The fourth-order valence-corrected chi connectivity index (χ4v) is 1.93. The van der Waals surface area contributed by atoms with E-state index < -0.39 is 0 Å². The SMILES string of the molecule is COCCOCc1cccc(NCC(C)(C)CCC#N)c1. The van der Waals surface area contributed by atoms with Crippen molar-refractivity contribution in [3.05, 3.63) is 29.8 Å². The van der Waals surface area contributed by atoms with Gasteiger partial charge < -0.3 is 14.8 Å². The van der Waals surface area contributed by atoms with Crippen molar-refractivity contribution in [3.63, 3.8) is 0 Å². The van der Waals surface area contributed by atoms with Crippen LogP contribution in [0.1, 0.15) is 32.3 Å². The minimum Gasteiger partial charge on any atom is -0.384 e. The van der Waals surface area contributed by atoms with Gasteiger partial charge in [-0.15, -0.1) is 0 Å². The van der Waals surface area contributed by atoms with Crippen LogP contribution in [0, 0.1) is 16.7 Å². The molecule has 1 N–H and O–H groups in total. The first-order chi connectivity index (χ1) is 10.1. The Labute approximate surface area is 128 Å². The van der Waals surface area contributed by atoms with E-state index in [0.29, 0.717) is 26.2 Å². The van der Waals surface area contributed by atoms with Gasteiger partial charge in [-0.2, -0.15) is 5.26 Å². The summed E-state index contributed by atoms with van der Waals surface area (Å²) in [5.74, 6) is 0. The largest absolute Gasteiger partial charge is 0.384 e. The van der Waals surface area contributed by atoms with Crippen LogP contribution in [-0.2, 0) is 16.1 Å². The Morgan fingerprint density at radius 3 is 2.81 bits per heavy atom. The fourth-order valence-electron chi connectivity index (χ4n) is 1.93. The maximum Gasteiger partial charge on any atom is 0.0718 e. The Bertz CT molecular complexity index is 452. The van der Waals surface area contributed by atoms with E-state index in [1.54, 1.807) is 7.11 Å². The van der Waals surface area contributed by atoms with Crippen molar-refractivity contribution in [2.24, 2.45) is 5.41 Å². The molecule has 0 aliphatic rings. The highest BCUT2D eigenvalue weighted by Gasteiger charge is 2.16. The number of methoxy groups -OCH3 is 1. The van der Waals surface area contributed by atoms with E-state index in [2.05, 4.69) is 43.4 Å². The third kappa shape index (κ3) is 7.69. The van der Waals surface area contributed by atoms with Crippen LogP contribution in [0.3, 0.4) is 0 Å². The number of nitrogens with one attached hydrogen (secondary N) is 1. The van der Waals surface area contributed by atoms with Crippen molar-refractivity contribution in [1.29, 1.82) is 5.26 Å². The number of nitriles is 1. The molecule has 0 saturated carbocycles. The summed E-state index contributed by atoms with van der Waals surface area (Å²) in [6, 6.07) is 10.5. The first-order valence-electron chi connectivity index (χ1n) is 7.34. The molecule has 0 atom stereocenters. The number of ether oxygens (including phenoxy) is 2. The van der Waals surface area contributed by atoms with Crippen molar-refractivity contribution in [3.8, 4) is 6.07 Å². The molecular formula is C17H26N2O2. The van der Waals surface area contributed by atoms with Crippen LogP contribution < -0.4 is 5.32 Å². The van der Waals surface area contributed by atoms with Crippen molar-refractivity contribution < 1.29 is 9.47 Å². The minimum absolute atomic E-state index is 0.112. The van der Waals surface area contributed by atoms with E-state index in [1.807, 2.05) is 6.07 Å². The number of rotatable bonds is 10. The quantitative estimate of drug-likeness (QED) is 0.669. The van der Waals surface area contributed by atoms with Gasteiger partial charge >= 0.3 is 0 Å². The number of anilines is 1. The molecule has 0 amide bonds. The fraction of sp³-hybridized carbons (Fsp3) is 0.588. The number of hydrogen-bond acceptors (Lipinski definition) is 4. The van der Waals surface area contributed by atoms with Crippen LogP contribution in [-0.4, -0.2) is 26.9 Å². The molecule has 0 aliphatic heterocycles. The third-order valence-corrected chi connectivity index (χ3v) is 3.31. The first-order valence-corrected chi connectivity index (χ1v) is 7.34. The van der Waals surface area contributed by atoms with E-state index >= 15 is 0 Å². The molecule has 0 fully saturated rings. The maximum atomic E-state index is 8.68. The van der Waals surface area contributed by atoms with Gasteiger partial charge in [-0.25, -0.2) is 0 Å². The second-order valence-corrected chi connectivity index (χ2v) is 5.92. The molecule has 116 valence electrons. The number of benzene rings is 1. The van der Waals surface area contributed by atoms with E-state index in [4.69, 9.17) is 14.7 Å². The van der Waals surface area contributed by atoms with E-state index in [0.717, 1.165) is 24.2 Å². The van der Waals surface area contributed by atoms with Crippen LogP contribution in [0.2, 0.25) is 0 Å². The molecule has 0 heterocycles. The highest BCUT2D eigenvalue weighted by atomic mass is 16.5. The standard InChI is InChI=1S/C17H26N2O2/c1-17(2,8-5-9-18)14-19-16-7-4-6-15(12-16)13-21-11-10-20-3/h4,6-7,12,19H,5,8,10-11,13-14H2,1-3H3. The lowest BCUT2D eigenvalue weighted by Crippen LogP contribution is -2.22. The van der Waals surface area contributed by atoms with Gasteiger partial charge in [0.25, 0.3) is 0 Å². The second-order valence-electron chi connectivity index (χ2n) is 5.92. The van der Waals surface area contributed by atoms with Crippen molar-refractivity contribution in [2.75, 3.05) is 32.2 Å². The van der Waals surface area contributed by atoms with Crippen LogP contribution in [0.4, 0.5) is 5.69 Å². The normalized spacial score (nSPS) is 11.1.